The van der Waals surface area contributed by atoms with E-state index in [1.807, 2.05) is 6.07 Å². The molecule has 1 heterocycles. The second kappa shape index (κ2) is 2.49. The van der Waals surface area contributed by atoms with Gasteiger partial charge in [0.05, 0.1) is 0 Å². The molecule has 47 valence electrons. The quantitative estimate of drug-likeness (QED) is 0.537. The van der Waals surface area contributed by atoms with E-state index in [0.717, 1.165) is 0 Å². The van der Waals surface area contributed by atoms with Gasteiger partial charge in [-0.25, -0.2) is 0 Å². The van der Waals surface area contributed by atoms with Crippen LogP contribution >= 0.6 is 0 Å². The molecule has 2 nitrogen and oxygen atoms in total. The first-order valence-electron chi connectivity index (χ1n) is 2.79. The maximum Gasteiger partial charge on any atom is 0.250 e. The van der Waals surface area contributed by atoms with Crippen molar-refractivity contribution < 1.29 is 0 Å². The van der Waals surface area contributed by atoms with E-state index in [9.17, 15) is 4.79 Å². The molecule has 0 N–H and O–H groups in total. The molecule has 0 unspecified atom stereocenters. The summed E-state index contributed by atoms with van der Waals surface area (Å²) in [6.07, 6.45) is 1.72. The van der Waals surface area contributed by atoms with Gasteiger partial charge in [-0.1, -0.05) is 6.07 Å². The predicted octanol–water partition coefficient (Wildman–Crippen LogP) is 0.682. The number of rotatable bonds is 1. The SMILES string of the molecule is [CH2]Cn1ccccc1=O. The molecule has 0 fully saturated rings. The molecule has 0 spiro atoms. The first-order chi connectivity index (χ1) is 4.34. The van der Waals surface area contributed by atoms with Crippen molar-refractivity contribution in [3.63, 3.8) is 0 Å². The minimum atomic E-state index is 0.00694. The van der Waals surface area contributed by atoms with Gasteiger partial charge in [-0.05, 0) is 13.0 Å². The Morgan fingerprint density at radius 2 is 2.33 bits per heavy atom. The van der Waals surface area contributed by atoms with Gasteiger partial charge in [-0.2, -0.15) is 0 Å². The van der Waals surface area contributed by atoms with E-state index in [0.29, 0.717) is 6.54 Å². The molecule has 1 aromatic rings. The number of hydrogen-bond acceptors (Lipinski definition) is 1. The molecule has 0 saturated carbocycles. The summed E-state index contributed by atoms with van der Waals surface area (Å²) in [5.41, 5.74) is 0.00694. The molecule has 1 aromatic heterocycles. The zero-order chi connectivity index (χ0) is 6.69. The van der Waals surface area contributed by atoms with Crippen molar-refractivity contribution in [1.29, 1.82) is 0 Å². The fourth-order valence-corrected chi connectivity index (χ4v) is 0.645. The monoisotopic (exact) mass is 122 g/mol. The van der Waals surface area contributed by atoms with E-state index >= 15 is 0 Å². The van der Waals surface area contributed by atoms with Crippen LogP contribution in [0.15, 0.2) is 29.2 Å². The molecule has 0 aliphatic rings. The molecule has 0 atom stereocenters. The summed E-state index contributed by atoms with van der Waals surface area (Å²) in [6.45, 7) is 4.08. The summed E-state index contributed by atoms with van der Waals surface area (Å²) < 4.78 is 1.54. The lowest BCUT2D eigenvalue weighted by Gasteiger charge is -1.95. The molecular weight excluding hydrogens is 114 g/mol. The summed E-state index contributed by atoms with van der Waals surface area (Å²) in [7, 11) is 0. The number of nitrogens with zero attached hydrogens (tertiary/aromatic N) is 1. The summed E-state index contributed by atoms with van der Waals surface area (Å²) in [6, 6.07) is 5.05. The first-order valence-corrected chi connectivity index (χ1v) is 2.79. The maximum absolute atomic E-state index is 10.8. The number of hydrogen-bond donors (Lipinski definition) is 0. The molecule has 2 heteroatoms. The molecular formula is C7H8NO. The van der Waals surface area contributed by atoms with Gasteiger partial charge in [0.2, 0.25) is 5.56 Å². The lowest BCUT2D eigenvalue weighted by atomic mass is 10.5. The van der Waals surface area contributed by atoms with Crippen molar-refractivity contribution in [2.24, 2.45) is 0 Å². The minimum absolute atomic E-state index is 0.00694. The normalized spacial score (nSPS) is 9.44. The molecule has 0 saturated heterocycles. The van der Waals surface area contributed by atoms with Crippen LogP contribution in [0.3, 0.4) is 0 Å². The Balaban J connectivity index is 3.16. The fraction of sp³-hybridized carbons (Fsp3) is 0.143. The van der Waals surface area contributed by atoms with Crippen molar-refractivity contribution in [1.82, 2.24) is 4.57 Å². The second-order valence-electron chi connectivity index (χ2n) is 1.73. The summed E-state index contributed by atoms with van der Waals surface area (Å²) >= 11 is 0. The lowest BCUT2D eigenvalue weighted by Crippen LogP contribution is -2.15. The highest BCUT2D eigenvalue weighted by molar-refractivity contribution is 4.93. The van der Waals surface area contributed by atoms with Crippen LogP contribution in [-0.4, -0.2) is 4.57 Å². The van der Waals surface area contributed by atoms with E-state index in [1.54, 1.807) is 16.8 Å². The maximum atomic E-state index is 10.8. The van der Waals surface area contributed by atoms with Crippen LogP contribution < -0.4 is 5.56 Å². The molecule has 0 aliphatic carbocycles. The Morgan fingerprint density at radius 1 is 1.56 bits per heavy atom. The van der Waals surface area contributed by atoms with Crippen molar-refractivity contribution in [3.05, 3.63) is 41.7 Å². The van der Waals surface area contributed by atoms with Gasteiger partial charge in [-0.15, -0.1) is 0 Å². The standard InChI is InChI=1S/C7H8NO/c1-2-8-6-4-3-5-7(8)9/h3-6H,1-2H2. The highest BCUT2D eigenvalue weighted by Crippen LogP contribution is 1.78. The fourth-order valence-electron chi connectivity index (χ4n) is 0.645. The van der Waals surface area contributed by atoms with Crippen LogP contribution in [0.25, 0.3) is 0 Å². The van der Waals surface area contributed by atoms with Gasteiger partial charge < -0.3 is 4.57 Å². The molecule has 9 heavy (non-hydrogen) atoms. The van der Waals surface area contributed by atoms with E-state index in [-0.39, 0.29) is 5.56 Å². The third-order valence-corrected chi connectivity index (χ3v) is 1.14. The molecule has 1 rings (SSSR count). The number of aromatic nitrogens is 1. The van der Waals surface area contributed by atoms with Gasteiger partial charge in [0.25, 0.3) is 0 Å². The Kier molecular flexibility index (Phi) is 1.68. The zero-order valence-corrected chi connectivity index (χ0v) is 5.08. The van der Waals surface area contributed by atoms with Crippen molar-refractivity contribution in [2.45, 2.75) is 6.54 Å². The Labute approximate surface area is 53.8 Å². The van der Waals surface area contributed by atoms with E-state index in [1.165, 1.54) is 6.07 Å². The van der Waals surface area contributed by atoms with Crippen LogP contribution in [0.1, 0.15) is 0 Å². The van der Waals surface area contributed by atoms with Crippen LogP contribution in [0, 0.1) is 6.92 Å². The third-order valence-electron chi connectivity index (χ3n) is 1.14. The Bertz CT molecular complexity index is 239. The number of pyridine rings is 1. The summed E-state index contributed by atoms with van der Waals surface area (Å²) in [4.78, 5) is 10.8. The highest BCUT2D eigenvalue weighted by atomic mass is 16.1. The average molecular weight is 122 g/mol. The average Bonchev–Trinajstić information content (AvgIpc) is 1.89. The van der Waals surface area contributed by atoms with Crippen molar-refractivity contribution >= 4 is 0 Å². The Hall–Kier alpha value is -1.05. The van der Waals surface area contributed by atoms with E-state index in [2.05, 4.69) is 6.92 Å². The zero-order valence-electron chi connectivity index (χ0n) is 5.08. The lowest BCUT2D eigenvalue weighted by molar-refractivity contribution is 0.776. The first kappa shape index (κ1) is 6.08. The minimum Gasteiger partial charge on any atom is -0.316 e. The van der Waals surface area contributed by atoms with Crippen LogP contribution in [0.4, 0.5) is 0 Å². The summed E-state index contributed by atoms with van der Waals surface area (Å²) in [5, 5.41) is 0. The Morgan fingerprint density at radius 3 is 2.78 bits per heavy atom. The molecule has 1 radical (unpaired) electrons. The smallest absolute Gasteiger partial charge is 0.250 e. The van der Waals surface area contributed by atoms with E-state index < -0.39 is 0 Å². The van der Waals surface area contributed by atoms with Crippen molar-refractivity contribution in [2.75, 3.05) is 0 Å². The second-order valence-corrected chi connectivity index (χ2v) is 1.73. The van der Waals surface area contributed by atoms with Gasteiger partial charge >= 0.3 is 0 Å². The molecule has 0 aromatic carbocycles. The highest BCUT2D eigenvalue weighted by Gasteiger charge is 1.85. The molecule has 0 bridgehead atoms. The van der Waals surface area contributed by atoms with Gasteiger partial charge in [0.1, 0.15) is 0 Å². The predicted molar refractivity (Wildman–Crippen MR) is 36.1 cm³/mol. The largest absolute Gasteiger partial charge is 0.316 e. The van der Waals surface area contributed by atoms with Gasteiger partial charge in [-0.3, -0.25) is 4.79 Å². The molecule has 0 amide bonds. The van der Waals surface area contributed by atoms with Crippen LogP contribution in [0.5, 0.6) is 0 Å². The third kappa shape index (κ3) is 1.19. The van der Waals surface area contributed by atoms with E-state index in [4.69, 9.17) is 0 Å². The van der Waals surface area contributed by atoms with Crippen LogP contribution in [0.2, 0.25) is 0 Å². The molecule has 0 aliphatic heterocycles. The topological polar surface area (TPSA) is 22.0 Å². The van der Waals surface area contributed by atoms with Crippen molar-refractivity contribution in [3.8, 4) is 0 Å². The van der Waals surface area contributed by atoms with Crippen LogP contribution in [-0.2, 0) is 6.54 Å². The summed E-state index contributed by atoms with van der Waals surface area (Å²) in [5.74, 6) is 0. The van der Waals surface area contributed by atoms with Gasteiger partial charge in [0.15, 0.2) is 0 Å². The van der Waals surface area contributed by atoms with Gasteiger partial charge in [0, 0.05) is 18.8 Å².